The molecule has 0 aliphatic rings. The molecule has 0 saturated carbocycles. The predicted molar refractivity (Wildman–Crippen MR) is 135 cm³/mol. The van der Waals surface area contributed by atoms with Crippen LogP contribution in [-0.4, -0.2) is 14.5 Å². The molecule has 0 radical (unpaired) electrons. The minimum atomic E-state index is 0.878. The van der Waals surface area contributed by atoms with Crippen LogP contribution >= 0.6 is 11.3 Å². The minimum absolute atomic E-state index is 0.878. The van der Waals surface area contributed by atoms with E-state index in [-0.39, 0.29) is 0 Å². The lowest BCUT2D eigenvalue weighted by molar-refractivity contribution is 1.08. The Bertz CT molecular complexity index is 1780. The smallest absolute Gasteiger partial charge is 0.165 e. The summed E-state index contributed by atoms with van der Waals surface area (Å²) in [6, 6.07) is 33.9. The zero-order chi connectivity index (χ0) is 21.1. The Morgan fingerprint density at radius 1 is 0.656 bits per heavy atom. The van der Waals surface area contributed by atoms with E-state index in [1.54, 1.807) is 0 Å². The fourth-order valence-electron chi connectivity index (χ4n) is 4.59. The number of imidazole rings is 1. The third kappa shape index (κ3) is 2.47. The van der Waals surface area contributed by atoms with E-state index in [0.29, 0.717) is 0 Å². The molecule has 0 unspecified atom stereocenters. The summed E-state index contributed by atoms with van der Waals surface area (Å²) in [6.45, 7) is 0. The summed E-state index contributed by atoms with van der Waals surface area (Å²) in [5.41, 5.74) is 4.00. The first-order chi connectivity index (χ1) is 15.9. The fraction of sp³-hybridized carbons (Fsp3) is 0. The first kappa shape index (κ1) is 17.6. The topological polar surface area (TPSA) is 30.7 Å². The van der Waals surface area contributed by atoms with E-state index in [9.17, 15) is 0 Å². The molecule has 3 heterocycles. The maximum atomic E-state index is 5.21. The molecule has 32 heavy (non-hydrogen) atoms. The first-order valence-electron chi connectivity index (χ1n) is 10.6. The molecule has 0 aliphatic heterocycles. The largest absolute Gasteiger partial charge is 0.277 e. The van der Waals surface area contributed by atoms with E-state index in [4.69, 9.17) is 9.97 Å². The molecule has 0 saturated heterocycles. The number of pyridine rings is 1. The highest BCUT2D eigenvalue weighted by Crippen LogP contribution is 2.41. The Morgan fingerprint density at radius 2 is 1.41 bits per heavy atom. The number of thiophene rings is 1. The van der Waals surface area contributed by atoms with Gasteiger partial charge in [-0.05, 0) is 24.3 Å². The third-order valence-electron chi connectivity index (χ3n) is 6.05. The average Bonchev–Trinajstić information content (AvgIpc) is 3.43. The van der Waals surface area contributed by atoms with E-state index in [2.05, 4.69) is 89.5 Å². The molecule has 4 aromatic carbocycles. The lowest BCUT2D eigenvalue weighted by atomic mass is 10.1. The van der Waals surface area contributed by atoms with Gasteiger partial charge in [-0.3, -0.25) is 4.57 Å². The SMILES string of the molecule is c1ccc(-n2c(-c3cccc4c3sc3ccccc34)nc3c4ccccc4cnc32)cc1. The minimum Gasteiger partial charge on any atom is -0.277 e. The molecule has 3 aromatic heterocycles. The molecule has 0 atom stereocenters. The highest BCUT2D eigenvalue weighted by molar-refractivity contribution is 7.26. The quantitative estimate of drug-likeness (QED) is 0.284. The number of aromatic nitrogens is 3. The van der Waals surface area contributed by atoms with Crippen molar-refractivity contribution in [3.8, 4) is 17.1 Å². The van der Waals surface area contributed by atoms with Gasteiger partial charge in [-0.2, -0.15) is 0 Å². The Balaban J connectivity index is 1.65. The molecule has 0 amide bonds. The summed E-state index contributed by atoms with van der Waals surface area (Å²) < 4.78 is 4.74. The van der Waals surface area contributed by atoms with Gasteiger partial charge in [-0.1, -0.05) is 72.8 Å². The Kier molecular flexibility index (Phi) is 3.72. The van der Waals surface area contributed by atoms with E-state index in [0.717, 1.165) is 39.0 Å². The summed E-state index contributed by atoms with van der Waals surface area (Å²) in [7, 11) is 0. The van der Waals surface area contributed by atoms with Crippen LogP contribution in [0.15, 0.2) is 103 Å². The second kappa shape index (κ2) is 6.74. The van der Waals surface area contributed by atoms with Gasteiger partial charge in [0.05, 0.1) is 0 Å². The summed E-state index contributed by atoms with van der Waals surface area (Å²) >= 11 is 1.83. The molecule has 7 aromatic rings. The molecule has 4 heteroatoms. The van der Waals surface area contributed by atoms with Crippen LogP contribution in [0.5, 0.6) is 0 Å². The van der Waals surface area contributed by atoms with E-state index >= 15 is 0 Å². The van der Waals surface area contributed by atoms with Gasteiger partial charge in [0.25, 0.3) is 0 Å². The Morgan fingerprint density at radius 3 is 2.31 bits per heavy atom. The normalized spacial score (nSPS) is 11.8. The maximum Gasteiger partial charge on any atom is 0.165 e. The van der Waals surface area contributed by atoms with Crippen molar-refractivity contribution in [2.75, 3.05) is 0 Å². The van der Waals surface area contributed by atoms with Crippen molar-refractivity contribution in [3.05, 3.63) is 103 Å². The molecule has 150 valence electrons. The van der Waals surface area contributed by atoms with Crippen molar-refractivity contribution < 1.29 is 0 Å². The zero-order valence-electron chi connectivity index (χ0n) is 17.1. The van der Waals surface area contributed by atoms with Crippen LogP contribution in [0.25, 0.3) is 59.2 Å². The lowest BCUT2D eigenvalue weighted by Gasteiger charge is -2.09. The van der Waals surface area contributed by atoms with Crippen LogP contribution in [0.4, 0.5) is 0 Å². The zero-order valence-corrected chi connectivity index (χ0v) is 17.9. The van der Waals surface area contributed by atoms with Crippen LogP contribution in [-0.2, 0) is 0 Å². The molecule has 0 fully saturated rings. The highest BCUT2D eigenvalue weighted by Gasteiger charge is 2.20. The number of benzene rings is 4. The number of rotatable bonds is 2. The van der Waals surface area contributed by atoms with Gasteiger partial charge in [-0.25, -0.2) is 9.97 Å². The van der Waals surface area contributed by atoms with Crippen LogP contribution in [0.2, 0.25) is 0 Å². The van der Waals surface area contributed by atoms with E-state index < -0.39 is 0 Å². The van der Waals surface area contributed by atoms with Crippen LogP contribution in [0.1, 0.15) is 0 Å². The van der Waals surface area contributed by atoms with Gasteiger partial charge in [0.2, 0.25) is 0 Å². The Hall–Kier alpha value is -4.02. The summed E-state index contributed by atoms with van der Waals surface area (Å²) in [6.07, 6.45) is 1.95. The highest BCUT2D eigenvalue weighted by atomic mass is 32.1. The van der Waals surface area contributed by atoms with Crippen molar-refractivity contribution in [1.82, 2.24) is 14.5 Å². The molecular formula is C28H17N3S. The van der Waals surface area contributed by atoms with Crippen molar-refractivity contribution in [2.24, 2.45) is 0 Å². The number of fused-ring (bicyclic) bond motifs is 6. The predicted octanol–water partition coefficient (Wildman–Crippen LogP) is 7.61. The van der Waals surface area contributed by atoms with Crippen molar-refractivity contribution >= 4 is 53.4 Å². The summed E-state index contributed by atoms with van der Waals surface area (Å²) in [5.74, 6) is 0.923. The van der Waals surface area contributed by atoms with Crippen LogP contribution < -0.4 is 0 Å². The molecule has 3 nitrogen and oxygen atoms in total. The average molecular weight is 428 g/mol. The van der Waals surface area contributed by atoms with Gasteiger partial charge in [0.1, 0.15) is 11.3 Å². The fourth-order valence-corrected chi connectivity index (χ4v) is 5.80. The molecule has 7 rings (SSSR count). The van der Waals surface area contributed by atoms with Crippen molar-refractivity contribution in [1.29, 1.82) is 0 Å². The number of hydrogen-bond acceptors (Lipinski definition) is 3. The third-order valence-corrected chi connectivity index (χ3v) is 7.27. The van der Waals surface area contributed by atoms with Crippen molar-refractivity contribution in [2.45, 2.75) is 0 Å². The van der Waals surface area contributed by atoms with E-state index in [1.165, 1.54) is 20.2 Å². The maximum absolute atomic E-state index is 5.21. The van der Waals surface area contributed by atoms with Crippen LogP contribution in [0.3, 0.4) is 0 Å². The van der Waals surface area contributed by atoms with Gasteiger partial charge in [0, 0.05) is 48.4 Å². The van der Waals surface area contributed by atoms with Gasteiger partial charge in [-0.15, -0.1) is 11.3 Å². The number of nitrogens with zero attached hydrogens (tertiary/aromatic N) is 3. The summed E-state index contributed by atoms with van der Waals surface area (Å²) in [5, 5.41) is 4.79. The second-order valence-electron chi connectivity index (χ2n) is 7.90. The number of para-hydroxylation sites is 1. The Labute approximate surface area is 188 Å². The first-order valence-corrected chi connectivity index (χ1v) is 11.4. The monoisotopic (exact) mass is 427 g/mol. The summed E-state index contributed by atoms with van der Waals surface area (Å²) in [4.78, 5) is 10.1. The second-order valence-corrected chi connectivity index (χ2v) is 8.96. The molecular weight excluding hydrogens is 410 g/mol. The lowest BCUT2D eigenvalue weighted by Crippen LogP contribution is -1.98. The van der Waals surface area contributed by atoms with Gasteiger partial charge >= 0.3 is 0 Å². The van der Waals surface area contributed by atoms with Crippen LogP contribution in [0, 0.1) is 0 Å². The standard InChI is InChI=1S/C28H17N3S/c1-2-10-19(11-3-1)31-27(30-25-20-12-5-4-9-18(20)17-29-28(25)31)23-15-8-14-22-21-13-6-7-16-24(21)32-26(22)23/h1-17H. The van der Waals surface area contributed by atoms with Crippen molar-refractivity contribution in [3.63, 3.8) is 0 Å². The molecule has 0 bridgehead atoms. The number of hydrogen-bond donors (Lipinski definition) is 0. The van der Waals surface area contributed by atoms with Gasteiger partial charge in [0.15, 0.2) is 5.65 Å². The van der Waals surface area contributed by atoms with Gasteiger partial charge < -0.3 is 0 Å². The molecule has 0 spiro atoms. The molecule has 0 aliphatic carbocycles. The van der Waals surface area contributed by atoms with E-state index in [1.807, 2.05) is 29.7 Å². The molecule has 0 N–H and O–H groups in total.